The fourth-order valence-corrected chi connectivity index (χ4v) is 7.23. The number of carbonyl (C=O) groups is 3. The molecule has 3 atom stereocenters. The van der Waals surface area contributed by atoms with Gasteiger partial charge in [0.2, 0.25) is 11.8 Å². The Labute approximate surface area is 291 Å². The molecule has 0 radical (unpaired) electrons. The molecule has 2 saturated carbocycles. The molecule has 3 aliphatic rings. The van der Waals surface area contributed by atoms with E-state index in [1.54, 1.807) is 12.1 Å². The van der Waals surface area contributed by atoms with Gasteiger partial charge in [0.05, 0.1) is 23.4 Å². The normalized spacial score (nSPS) is 21.5. The Balaban J connectivity index is 1.46. The highest BCUT2D eigenvalue weighted by Gasteiger charge is 2.50. The molecule has 1 aromatic heterocycles. The third-order valence-corrected chi connectivity index (χ3v) is 9.80. The first-order valence-corrected chi connectivity index (χ1v) is 16.9. The molecular weight excluding hydrogens is 678 g/mol. The number of hydrogen-bond acceptors (Lipinski definition) is 6. The maximum Gasteiger partial charge on any atom is 0.258 e. The van der Waals surface area contributed by atoms with E-state index < -0.39 is 72.3 Å². The van der Waals surface area contributed by atoms with E-state index in [-0.39, 0.29) is 53.0 Å². The first kappa shape index (κ1) is 35.3. The Hall–Kier alpha value is -4.54. The van der Waals surface area contributed by atoms with Crippen LogP contribution in [0.2, 0.25) is 5.02 Å². The van der Waals surface area contributed by atoms with Gasteiger partial charge in [0.1, 0.15) is 35.6 Å². The number of hydrogen-bond donors (Lipinski definition) is 1. The van der Waals surface area contributed by atoms with Crippen LogP contribution in [-0.2, 0) is 19.1 Å². The van der Waals surface area contributed by atoms with Crippen molar-refractivity contribution in [1.82, 2.24) is 10.3 Å². The van der Waals surface area contributed by atoms with Crippen LogP contribution in [0.15, 0.2) is 60.8 Å². The third kappa shape index (κ3) is 7.61. The molecule has 1 N–H and O–H groups in total. The number of alkyl halides is 2. The summed E-state index contributed by atoms with van der Waals surface area (Å²) >= 11 is 6.61. The van der Waals surface area contributed by atoms with Crippen LogP contribution in [-0.4, -0.2) is 52.9 Å². The van der Waals surface area contributed by atoms with Crippen LogP contribution in [0.1, 0.15) is 75.0 Å². The molecule has 0 spiro atoms. The zero-order chi connectivity index (χ0) is 35.6. The number of nitrogens with zero attached hydrogens (tertiary/aromatic N) is 4. The fraction of sp³-hybridized carbons (Fsp3) is 0.417. The van der Waals surface area contributed by atoms with Crippen molar-refractivity contribution >= 4 is 40.8 Å². The summed E-state index contributed by atoms with van der Waals surface area (Å²) in [6.45, 7) is 0. The lowest BCUT2D eigenvalue weighted by Gasteiger charge is -2.37. The molecule has 0 bridgehead atoms. The summed E-state index contributed by atoms with van der Waals surface area (Å²) < 4.78 is 64.0. The van der Waals surface area contributed by atoms with Gasteiger partial charge in [0, 0.05) is 48.2 Å². The van der Waals surface area contributed by atoms with Crippen LogP contribution >= 0.6 is 11.6 Å². The standard InChI is InChI=1S/C36H34ClF4N5O4/c37-28-8-4-3-7-27(28)32(33(47)44-24-9-12-36(40,41)13-10-24)45(25-17-22(38)16-23(39)18-25)34(48)29-19-30(50-26-5-1-2-6-26)35(49)46(29)31-15-21(20-42)11-14-43-31/h3-4,7-8,11,14-18,24,26,29-30,32H,1-2,5-6,9-10,12-13,19H2,(H,44,47)/t29-,30-,32-/m0/s1. The molecule has 2 heterocycles. The SMILES string of the molecule is N#Cc1ccnc(N2C(=O)[C@@H](OC3CCCC3)C[C@H]2C(=O)N(c2cc(F)cc(F)c2)[C@H](C(=O)NC2CCC(F)(F)CC2)c2ccccc2Cl)c1. The number of anilines is 2. The summed E-state index contributed by atoms with van der Waals surface area (Å²) in [7, 11) is 0. The lowest BCUT2D eigenvalue weighted by molar-refractivity contribution is -0.130. The van der Waals surface area contributed by atoms with Gasteiger partial charge in [-0.3, -0.25) is 24.2 Å². The maximum absolute atomic E-state index is 15.1. The first-order valence-electron chi connectivity index (χ1n) is 16.5. The second-order valence-electron chi connectivity index (χ2n) is 12.9. The van der Waals surface area contributed by atoms with Crippen LogP contribution < -0.4 is 15.1 Å². The van der Waals surface area contributed by atoms with Crippen molar-refractivity contribution in [1.29, 1.82) is 5.26 Å². The largest absolute Gasteiger partial charge is 0.365 e. The number of halogens is 5. The summed E-state index contributed by atoms with van der Waals surface area (Å²) in [6, 6.07) is 9.44. The molecule has 0 unspecified atom stereocenters. The summed E-state index contributed by atoms with van der Waals surface area (Å²) in [5.74, 6) is -7.35. The summed E-state index contributed by atoms with van der Waals surface area (Å²) in [5, 5.41) is 12.4. The van der Waals surface area contributed by atoms with E-state index in [0.717, 1.165) is 47.6 Å². The average Bonchev–Trinajstić information content (AvgIpc) is 3.72. The lowest BCUT2D eigenvalue weighted by Crippen LogP contribution is -2.53. The molecule has 262 valence electrons. The van der Waals surface area contributed by atoms with Gasteiger partial charge in [-0.15, -0.1) is 0 Å². The van der Waals surface area contributed by atoms with Crippen LogP contribution in [0.4, 0.5) is 29.1 Å². The first-order chi connectivity index (χ1) is 23.9. The molecule has 6 rings (SSSR count). The molecule has 50 heavy (non-hydrogen) atoms. The highest BCUT2D eigenvalue weighted by molar-refractivity contribution is 6.31. The Bertz CT molecular complexity index is 1790. The van der Waals surface area contributed by atoms with Crippen molar-refractivity contribution in [2.24, 2.45) is 0 Å². The number of nitrogens with one attached hydrogen (secondary N) is 1. The molecule has 2 aromatic carbocycles. The number of benzene rings is 2. The van der Waals surface area contributed by atoms with Gasteiger partial charge in [-0.2, -0.15) is 5.26 Å². The van der Waals surface area contributed by atoms with E-state index in [2.05, 4.69) is 10.3 Å². The van der Waals surface area contributed by atoms with Gasteiger partial charge in [-0.1, -0.05) is 42.6 Å². The number of carbonyl (C=O) groups excluding carboxylic acids is 3. The average molecular weight is 712 g/mol. The van der Waals surface area contributed by atoms with Crippen LogP contribution in [0.5, 0.6) is 0 Å². The number of ether oxygens (including phenoxy) is 1. The molecule has 14 heteroatoms. The highest BCUT2D eigenvalue weighted by Crippen LogP contribution is 2.39. The van der Waals surface area contributed by atoms with Crippen molar-refractivity contribution in [2.45, 2.75) is 94.0 Å². The van der Waals surface area contributed by atoms with Crippen molar-refractivity contribution in [3.05, 3.63) is 88.6 Å². The summed E-state index contributed by atoms with van der Waals surface area (Å²) in [6.07, 6.45) is 2.07. The molecule has 3 fully saturated rings. The van der Waals surface area contributed by atoms with Gasteiger partial charge in [0.15, 0.2) is 0 Å². The summed E-state index contributed by atoms with van der Waals surface area (Å²) in [4.78, 5) is 49.7. The Morgan fingerprint density at radius 3 is 2.38 bits per heavy atom. The minimum Gasteiger partial charge on any atom is -0.365 e. The fourth-order valence-electron chi connectivity index (χ4n) is 6.99. The topological polar surface area (TPSA) is 116 Å². The smallest absolute Gasteiger partial charge is 0.258 e. The monoisotopic (exact) mass is 711 g/mol. The number of rotatable bonds is 9. The van der Waals surface area contributed by atoms with Crippen molar-refractivity contribution in [3.8, 4) is 6.07 Å². The Morgan fingerprint density at radius 2 is 1.72 bits per heavy atom. The van der Waals surface area contributed by atoms with E-state index in [1.807, 2.05) is 6.07 Å². The lowest BCUT2D eigenvalue weighted by atomic mass is 9.91. The predicted molar refractivity (Wildman–Crippen MR) is 175 cm³/mol. The minimum atomic E-state index is -2.88. The molecule has 3 amide bonds. The number of amides is 3. The van der Waals surface area contributed by atoms with E-state index >= 15 is 4.79 Å². The molecule has 1 saturated heterocycles. The van der Waals surface area contributed by atoms with Gasteiger partial charge in [-0.25, -0.2) is 22.5 Å². The maximum atomic E-state index is 15.1. The van der Waals surface area contributed by atoms with Crippen molar-refractivity contribution in [2.75, 3.05) is 9.80 Å². The van der Waals surface area contributed by atoms with Gasteiger partial charge in [0.25, 0.3) is 11.8 Å². The predicted octanol–water partition coefficient (Wildman–Crippen LogP) is 6.79. The van der Waals surface area contributed by atoms with E-state index in [9.17, 15) is 32.4 Å². The second kappa shape index (κ2) is 14.7. The molecule has 1 aliphatic heterocycles. The molecule has 2 aliphatic carbocycles. The number of nitriles is 1. The van der Waals surface area contributed by atoms with Crippen molar-refractivity contribution in [3.63, 3.8) is 0 Å². The Morgan fingerprint density at radius 1 is 1.04 bits per heavy atom. The van der Waals surface area contributed by atoms with Crippen LogP contribution in [0, 0.1) is 23.0 Å². The van der Waals surface area contributed by atoms with Gasteiger partial charge in [-0.05, 0) is 56.0 Å². The molecule has 9 nitrogen and oxygen atoms in total. The minimum absolute atomic E-state index is 0.0304. The molecule has 3 aromatic rings. The number of aromatic nitrogens is 1. The Kier molecular flexibility index (Phi) is 10.4. The zero-order valence-corrected chi connectivity index (χ0v) is 27.6. The number of pyridine rings is 1. The van der Waals surface area contributed by atoms with Crippen LogP contribution in [0.3, 0.4) is 0 Å². The molecular formula is C36H34ClF4N5O4. The van der Waals surface area contributed by atoms with E-state index in [4.69, 9.17) is 16.3 Å². The quantitative estimate of drug-likeness (QED) is 0.245. The summed E-state index contributed by atoms with van der Waals surface area (Å²) in [5.41, 5.74) is -0.108. The van der Waals surface area contributed by atoms with Gasteiger partial charge >= 0.3 is 0 Å². The zero-order valence-electron chi connectivity index (χ0n) is 26.8. The highest BCUT2D eigenvalue weighted by atomic mass is 35.5. The van der Waals surface area contributed by atoms with Gasteiger partial charge < -0.3 is 10.1 Å². The van der Waals surface area contributed by atoms with Crippen LogP contribution in [0.25, 0.3) is 0 Å². The third-order valence-electron chi connectivity index (χ3n) is 9.46. The van der Waals surface area contributed by atoms with E-state index in [0.29, 0.717) is 6.07 Å². The second-order valence-corrected chi connectivity index (χ2v) is 13.3. The van der Waals surface area contributed by atoms with E-state index in [1.165, 1.54) is 30.5 Å². The van der Waals surface area contributed by atoms with Crippen molar-refractivity contribution < 1.29 is 36.7 Å².